The second-order valence-electron chi connectivity index (χ2n) is 4.93. The molecule has 0 aromatic rings. The molecule has 6 nitrogen and oxygen atoms in total. The second-order valence-corrected chi connectivity index (χ2v) is 4.93. The van der Waals surface area contributed by atoms with E-state index in [2.05, 4.69) is 10.2 Å². The zero-order valence-electron chi connectivity index (χ0n) is 11.3. The SMILES string of the molecule is CCC(CNC(=O)N1CCN(C)CC1C)C(=O)O. The van der Waals surface area contributed by atoms with E-state index in [1.807, 2.05) is 20.9 Å². The Kier molecular flexibility index (Phi) is 5.40. The van der Waals surface area contributed by atoms with Crippen LogP contribution in [0.5, 0.6) is 0 Å². The third kappa shape index (κ3) is 3.87. The number of urea groups is 1. The number of nitrogens with zero attached hydrogens (tertiary/aromatic N) is 2. The van der Waals surface area contributed by atoms with E-state index in [0.717, 1.165) is 13.1 Å². The van der Waals surface area contributed by atoms with Gasteiger partial charge in [0.15, 0.2) is 0 Å². The fourth-order valence-corrected chi connectivity index (χ4v) is 2.16. The number of likely N-dealkylation sites (N-methyl/N-ethyl adjacent to an activating group) is 1. The second kappa shape index (κ2) is 6.58. The van der Waals surface area contributed by atoms with Gasteiger partial charge in [0.05, 0.1) is 5.92 Å². The maximum atomic E-state index is 12.0. The number of piperazine rings is 1. The molecule has 104 valence electrons. The van der Waals surface area contributed by atoms with Gasteiger partial charge in [-0.25, -0.2) is 4.79 Å². The molecule has 1 saturated heterocycles. The molecule has 1 heterocycles. The van der Waals surface area contributed by atoms with Crippen molar-refractivity contribution in [3.8, 4) is 0 Å². The molecule has 2 N–H and O–H groups in total. The number of carboxylic acid groups (broad SMARTS) is 1. The Morgan fingerprint density at radius 1 is 1.44 bits per heavy atom. The maximum absolute atomic E-state index is 12.0. The highest BCUT2D eigenvalue weighted by Crippen LogP contribution is 2.08. The third-order valence-electron chi connectivity index (χ3n) is 3.43. The minimum atomic E-state index is -0.857. The van der Waals surface area contributed by atoms with Crippen LogP contribution in [0.25, 0.3) is 0 Å². The Labute approximate surface area is 108 Å². The smallest absolute Gasteiger partial charge is 0.317 e. The van der Waals surface area contributed by atoms with Gasteiger partial charge < -0.3 is 20.2 Å². The first kappa shape index (κ1) is 14.8. The van der Waals surface area contributed by atoms with Crippen LogP contribution in [0.2, 0.25) is 0 Å². The summed E-state index contributed by atoms with van der Waals surface area (Å²) in [5, 5.41) is 11.6. The highest BCUT2D eigenvalue weighted by molar-refractivity contribution is 5.76. The summed E-state index contributed by atoms with van der Waals surface area (Å²) in [6, 6.07) is 0.00366. The summed E-state index contributed by atoms with van der Waals surface area (Å²) in [6.07, 6.45) is 0.522. The molecular weight excluding hydrogens is 234 g/mol. The summed E-state index contributed by atoms with van der Waals surface area (Å²) in [5.41, 5.74) is 0. The van der Waals surface area contributed by atoms with E-state index in [1.54, 1.807) is 4.90 Å². The highest BCUT2D eigenvalue weighted by Gasteiger charge is 2.26. The van der Waals surface area contributed by atoms with Crippen molar-refractivity contribution in [3.63, 3.8) is 0 Å². The molecule has 1 rings (SSSR count). The van der Waals surface area contributed by atoms with E-state index < -0.39 is 11.9 Å². The number of amides is 2. The average molecular weight is 257 g/mol. The molecular formula is C12H23N3O3. The van der Waals surface area contributed by atoms with E-state index in [9.17, 15) is 9.59 Å². The Morgan fingerprint density at radius 3 is 2.61 bits per heavy atom. The number of carbonyl (C=O) groups is 2. The number of carbonyl (C=O) groups excluding carboxylic acids is 1. The predicted octanol–water partition coefficient (Wildman–Crippen LogP) is 0.443. The quantitative estimate of drug-likeness (QED) is 0.766. The van der Waals surface area contributed by atoms with Crippen molar-refractivity contribution in [3.05, 3.63) is 0 Å². The molecule has 0 aliphatic carbocycles. The van der Waals surface area contributed by atoms with Gasteiger partial charge in [-0.1, -0.05) is 6.92 Å². The predicted molar refractivity (Wildman–Crippen MR) is 68.5 cm³/mol. The van der Waals surface area contributed by atoms with Crippen LogP contribution in [0, 0.1) is 5.92 Å². The lowest BCUT2D eigenvalue weighted by Gasteiger charge is -2.38. The molecule has 18 heavy (non-hydrogen) atoms. The highest BCUT2D eigenvalue weighted by atomic mass is 16.4. The van der Waals surface area contributed by atoms with Crippen LogP contribution in [0.15, 0.2) is 0 Å². The first-order valence-electron chi connectivity index (χ1n) is 6.41. The minimum Gasteiger partial charge on any atom is -0.481 e. The molecule has 1 aliphatic heterocycles. The molecule has 0 spiro atoms. The molecule has 0 radical (unpaired) electrons. The van der Waals surface area contributed by atoms with E-state index in [-0.39, 0.29) is 18.6 Å². The van der Waals surface area contributed by atoms with Crippen molar-refractivity contribution < 1.29 is 14.7 Å². The van der Waals surface area contributed by atoms with E-state index >= 15 is 0 Å². The van der Waals surface area contributed by atoms with Crippen LogP contribution in [0.3, 0.4) is 0 Å². The molecule has 2 atom stereocenters. The molecule has 1 fully saturated rings. The molecule has 0 saturated carbocycles. The lowest BCUT2D eigenvalue weighted by Crippen LogP contribution is -2.56. The van der Waals surface area contributed by atoms with Crippen LogP contribution >= 0.6 is 0 Å². The van der Waals surface area contributed by atoms with Crippen LogP contribution in [0.1, 0.15) is 20.3 Å². The van der Waals surface area contributed by atoms with Gasteiger partial charge in [0.2, 0.25) is 0 Å². The van der Waals surface area contributed by atoms with Crippen molar-refractivity contribution in [1.29, 1.82) is 0 Å². The van der Waals surface area contributed by atoms with Gasteiger partial charge in [-0.3, -0.25) is 4.79 Å². The van der Waals surface area contributed by atoms with Crippen LogP contribution < -0.4 is 5.32 Å². The number of nitrogens with one attached hydrogen (secondary N) is 1. The zero-order chi connectivity index (χ0) is 13.7. The molecule has 6 heteroatoms. The summed E-state index contributed by atoms with van der Waals surface area (Å²) >= 11 is 0. The largest absolute Gasteiger partial charge is 0.481 e. The first-order chi connectivity index (χ1) is 8.45. The topological polar surface area (TPSA) is 72.9 Å². The first-order valence-corrected chi connectivity index (χ1v) is 6.41. The molecule has 0 aromatic heterocycles. The lowest BCUT2D eigenvalue weighted by molar-refractivity contribution is -0.141. The van der Waals surface area contributed by atoms with Crippen molar-refractivity contribution >= 4 is 12.0 Å². The average Bonchev–Trinajstić information content (AvgIpc) is 2.28. The Morgan fingerprint density at radius 2 is 2.11 bits per heavy atom. The van der Waals surface area contributed by atoms with E-state index in [1.165, 1.54) is 0 Å². The standard InChI is InChI=1S/C12H23N3O3/c1-4-10(11(16)17)7-13-12(18)15-6-5-14(3)8-9(15)2/h9-10H,4-8H2,1-3H3,(H,13,18)(H,16,17). The lowest BCUT2D eigenvalue weighted by atomic mass is 10.1. The Balaban J connectivity index is 2.43. The molecule has 1 aliphatic rings. The minimum absolute atomic E-state index is 0.157. The van der Waals surface area contributed by atoms with Gasteiger partial charge >= 0.3 is 12.0 Å². The van der Waals surface area contributed by atoms with Gasteiger partial charge in [0.25, 0.3) is 0 Å². The van der Waals surface area contributed by atoms with Crippen LogP contribution in [-0.4, -0.2) is 66.2 Å². The number of rotatable bonds is 4. The van der Waals surface area contributed by atoms with Gasteiger partial charge in [-0.15, -0.1) is 0 Å². The summed E-state index contributed by atoms with van der Waals surface area (Å²) in [4.78, 5) is 26.8. The number of aliphatic carboxylic acids is 1. The maximum Gasteiger partial charge on any atom is 0.317 e. The van der Waals surface area contributed by atoms with Gasteiger partial charge in [-0.2, -0.15) is 0 Å². The third-order valence-corrected chi connectivity index (χ3v) is 3.43. The number of hydrogen-bond acceptors (Lipinski definition) is 3. The van der Waals surface area contributed by atoms with E-state index in [0.29, 0.717) is 13.0 Å². The number of hydrogen-bond donors (Lipinski definition) is 2. The van der Waals surface area contributed by atoms with E-state index in [4.69, 9.17) is 5.11 Å². The molecule has 2 amide bonds. The van der Waals surface area contributed by atoms with Gasteiger partial charge in [0.1, 0.15) is 0 Å². The number of carboxylic acids is 1. The molecule has 2 unspecified atom stereocenters. The van der Waals surface area contributed by atoms with Crippen LogP contribution in [-0.2, 0) is 4.79 Å². The fraction of sp³-hybridized carbons (Fsp3) is 0.833. The summed E-state index contributed by atoms with van der Waals surface area (Å²) in [7, 11) is 2.03. The van der Waals surface area contributed by atoms with Crippen LogP contribution in [0.4, 0.5) is 4.79 Å². The molecule has 0 bridgehead atoms. The van der Waals surface area contributed by atoms with Crippen molar-refractivity contribution in [2.45, 2.75) is 26.3 Å². The monoisotopic (exact) mass is 257 g/mol. The Hall–Kier alpha value is -1.30. The van der Waals surface area contributed by atoms with Crippen molar-refractivity contribution in [2.75, 3.05) is 33.2 Å². The summed E-state index contributed by atoms with van der Waals surface area (Å²) in [5.74, 6) is -1.36. The fourth-order valence-electron chi connectivity index (χ4n) is 2.16. The Bertz CT molecular complexity index is 309. The zero-order valence-corrected chi connectivity index (χ0v) is 11.3. The van der Waals surface area contributed by atoms with Gasteiger partial charge in [0, 0.05) is 32.2 Å². The normalized spacial score (nSPS) is 22.6. The van der Waals surface area contributed by atoms with Crippen molar-refractivity contribution in [1.82, 2.24) is 15.1 Å². The van der Waals surface area contributed by atoms with Gasteiger partial charge in [-0.05, 0) is 20.4 Å². The summed E-state index contributed by atoms with van der Waals surface area (Å²) < 4.78 is 0. The summed E-state index contributed by atoms with van der Waals surface area (Å²) in [6.45, 7) is 6.40. The molecule has 0 aromatic carbocycles. The van der Waals surface area contributed by atoms with Crippen molar-refractivity contribution in [2.24, 2.45) is 5.92 Å².